The summed E-state index contributed by atoms with van der Waals surface area (Å²) in [4.78, 5) is 23.0. The van der Waals surface area contributed by atoms with Crippen LogP contribution in [0.3, 0.4) is 0 Å². The predicted octanol–water partition coefficient (Wildman–Crippen LogP) is 1.29. The number of aromatic nitrogens is 2. The average molecular weight is 320 g/mol. The van der Waals surface area contributed by atoms with E-state index in [1.54, 1.807) is 14.2 Å². The van der Waals surface area contributed by atoms with Gasteiger partial charge in [-0.3, -0.25) is 4.79 Å². The number of nitrogens with zero attached hydrogens (tertiary/aromatic N) is 3. The maximum atomic E-state index is 11.4. The Morgan fingerprint density at radius 2 is 2.30 bits per heavy atom. The Labute approximate surface area is 138 Å². The van der Waals surface area contributed by atoms with E-state index in [-0.39, 0.29) is 5.91 Å². The zero-order chi connectivity index (χ0) is 16.7. The SMILES string of the molecule is CNC(=O)CCc1cc([C@@H]2CCCN(CCOC)C2)nc(C)n1. The molecule has 0 saturated carbocycles. The Balaban J connectivity index is 2.03. The van der Waals surface area contributed by atoms with Crippen LogP contribution in [0, 0.1) is 6.92 Å². The molecule has 1 aromatic rings. The van der Waals surface area contributed by atoms with Crippen molar-refractivity contribution in [3.8, 4) is 0 Å². The predicted molar refractivity (Wildman–Crippen MR) is 89.4 cm³/mol. The topological polar surface area (TPSA) is 67.4 Å². The van der Waals surface area contributed by atoms with Crippen LogP contribution in [0.4, 0.5) is 0 Å². The molecule has 1 N–H and O–H groups in total. The van der Waals surface area contributed by atoms with E-state index in [4.69, 9.17) is 4.74 Å². The fourth-order valence-electron chi connectivity index (χ4n) is 3.08. The van der Waals surface area contributed by atoms with E-state index >= 15 is 0 Å². The second kappa shape index (κ2) is 8.93. The number of aryl methyl sites for hydroxylation is 2. The molecular weight excluding hydrogens is 292 g/mol. The van der Waals surface area contributed by atoms with Gasteiger partial charge in [-0.05, 0) is 38.8 Å². The first-order valence-electron chi connectivity index (χ1n) is 8.38. The number of methoxy groups -OCH3 is 1. The highest BCUT2D eigenvalue weighted by molar-refractivity contribution is 5.75. The molecule has 0 aromatic carbocycles. The number of amides is 1. The molecule has 128 valence electrons. The maximum absolute atomic E-state index is 11.4. The van der Waals surface area contributed by atoms with Crippen LogP contribution >= 0.6 is 0 Å². The van der Waals surface area contributed by atoms with Crippen LogP contribution in [-0.4, -0.2) is 61.2 Å². The summed E-state index contributed by atoms with van der Waals surface area (Å²) >= 11 is 0. The summed E-state index contributed by atoms with van der Waals surface area (Å²) in [5.74, 6) is 1.29. The van der Waals surface area contributed by atoms with Gasteiger partial charge in [0, 0.05) is 51.0 Å². The van der Waals surface area contributed by atoms with E-state index in [2.05, 4.69) is 26.3 Å². The van der Waals surface area contributed by atoms with Crippen LogP contribution in [0.1, 0.15) is 42.4 Å². The lowest BCUT2D eigenvalue weighted by Gasteiger charge is -2.32. The van der Waals surface area contributed by atoms with Crippen LogP contribution in [0.5, 0.6) is 0 Å². The van der Waals surface area contributed by atoms with E-state index < -0.39 is 0 Å². The van der Waals surface area contributed by atoms with E-state index in [0.29, 0.717) is 18.8 Å². The van der Waals surface area contributed by atoms with Gasteiger partial charge >= 0.3 is 0 Å². The molecule has 0 radical (unpaired) electrons. The Morgan fingerprint density at radius 1 is 1.48 bits per heavy atom. The lowest BCUT2D eigenvalue weighted by molar-refractivity contribution is -0.120. The fraction of sp³-hybridized carbons (Fsp3) is 0.706. The molecule has 1 aliphatic heterocycles. The number of hydrogen-bond acceptors (Lipinski definition) is 5. The van der Waals surface area contributed by atoms with Crippen molar-refractivity contribution >= 4 is 5.91 Å². The van der Waals surface area contributed by atoms with Gasteiger partial charge in [0.1, 0.15) is 5.82 Å². The smallest absolute Gasteiger partial charge is 0.220 e. The van der Waals surface area contributed by atoms with Crippen molar-refractivity contribution in [2.75, 3.05) is 40.4 Å². The van der Waals surface area contributed by atoms with Crippen LogP contribution in [-0.2, 0) is 16.0 Å². The fourth-order valence-corrected chi connectivity index (χ4v) is 3.08. The number of carbonyl (C=O) groups excluding carboxylic acids is 1. The molecule has 23 heavy (non-hydrogen) atoms. The molecule has 0 unspecified atom stereocenters. The van der Waals surface area contributed by atoms with Gasteiger partial charge in [-0.2, -0.15) is 0 Å². The minimum Gasteiger partial charge on any atom is -0.383 e. The van der Waals surface area contributed by atoms with Crippen molar-refractivity contribution in [2.45, 2.75) is 38.5 Å². The molecule has 2 rings (SSSR count). The van der Waals surface area contributed by atoms with Gasteiger partial charge in [-0.15, -0.1) is 0 Å². The molecule has 1 fully saturated rings. The third-order valence-electron chi connectivity index (χ3n) is 4.33. The highest BCUT2D eigenvalue weighted by Gasteiger charge is 2.23. The van der Waals surface area contributed by atoms with Crippen molar-refractivity contribution in [2.24, 2.45) is 0 Å². The van der Waals surface area contributed by atoms with Crippen LogP contribution < -0.4 is 5.32 Å². The Hall–Kier alpha value is -1.53. The van der Waals surface area contributed by atoms with Gasteiger partial charge in [0.15, 0.2) is 0 Å². The Morgan fingerprint density at radius 3 is 3.04 bits per heavy atom. The molecule has 1 aliphatic rings. The highest BCUT2D eigenvalue weighted by atomic mass is 16.5. The normalized spacial score (nSPS) is 18.8. The summed E-state index contributed by atoms with van der Waals surface area (Å²) in [6, 6.07) is 2.08. The first kappa shape index (κ1) is 17.8. The molecule has 1 atom stereocenters. The number of likely N-dealkylation sites (tertiary alicyclic amines) is 1. The third-order valence-corrected chi connectivity index (χ3v) is 4.33. The molecule has 0 spiro atoms. The van der Waals surface area contributed by atoms with E-state index in [1.807, 2.05) is 6.92 Å². The van der Waals surface area contributed by atoms with Crippen molar-refractivity contribution in [3.63, 3.8) is 0 Å². The zero-order valence-corrected chi connectivity index (χ0v) is 14.5. The van der Waals surface area contributed by atoms with Gasteiger partial charge < -0.3 is 15.0 Å². The minimum absolute atomic E-state index is 0.0474. The molecule has 6 heteroatoms. The second-order valence-electron chi connectivity index (χ2n) is 6.14. The summed E-state index contributed by atoms with van der Waals surface area (Å²) in [5, 5.41) is 2.65. The summed E-state index contributed by atoms with van der Waals surface area (Å²) in [5.41, 5.74) is 2.08. The van der Waals surface area contributed by atoms with Crippen LogP contribution in [0.2, 0.25) is 0 Å². The van der Waals surface area contributed by atoms with Crippen molar-refractivity contribution in [3.05, 3.63) is 23.3 Å². The van der Waals surface area contributed by atoms with Gasteiger partial charge in [0.05, 0.1) is 6.61 Å². The number of nitrogens with one attached hydrogen (secondary N) is 1. The van der Waals surface area contributed by atoms with E-state index in [9.17, 15) is 4.79 Å². The lowest BCUT2D eigenvalue weighted by Crippen LogP contribution is -2.36. The van der Waals surface area contributed by atoms with Crippen molar-refractivity contribution in [1.29, 1.82) is 0 Å². The molecule has 1 saturated heterocycles. The first-order chi connectivity index (χ1) is 11.1. The summed E-state index contributed by atoms with van der Waals surface area (Å²) in [6.07, 6.45) is 3.48. The molecule has 6 nitrogen and oxygen atoms in total. The number of carbonyl (C=O) groups is 1. The monoisotopic (exact) mass is 320 g/mol. The summed E-state index contributed by atoms with van der Waals surface area (Å²) in [6.45, 7) is 5.83. The molecule has 1 amide bonds. The van der Waals surface area contributed by atoms with E-state index in [1.165, 1.54) is 6.42 Å². The molecular formula is C17H28N4O2. The van der Waals surface area contributed by atoms with E-state index in [0.717, 1.165) is 49.9 Å². The van der Waals surface area contributed by atoms with Gasteiger partial charge in [-0.1, -0.05) is 0 Å². The minimum atomic E-state index is 0.0474. The number of hydrogen-bond donors (Lipinski definition) is 1. The number of piperidine rings is 1. The summed E-state index contributed by atoms with van der Waals surface area (Å²) in [7, 11) is 3.41. The zero-order valence-electron chi connectivity index (χ0n) is 14.5. The molecule has 2 heterocycles. The highest BCUT2D eigenvalue weighted by Crippen LogP contribution is 2.26. The van der Waals surface area contributed by atoms with Crippen molar-refractivity contribution in [1.82, 2.24) is 20.2 Å². The molecule has 0 aliphatic carbocycles. The third kappa shape index (κ3) is 5.55. The average Bonchev–Trinajstić information content (AvgIpc) is 2.57. The van der Waals surface area contributed by atoms with Crippen LogP contribution in [0.15, 0.2) is 6.07 Å². The largest absolute Gasteiger partial charge is 0.383 e. The molecule has 0 bridgehead atoms. The quantitative estimate of drug-likeness (QED) is 0.820. The molecule has 1 aromatic heterocycles. The number of ether oxygens (including phenoxy) is 1. The van der Waals surface area contributed by atoms with Gasteiger partial charge in [-0.25, -0.2) is 9.97 Å². The standard InChI is InChI=1S/C17H28N4O2/c1-13-19-15(6-7-17(22)18-2)11-16(20-13)14-5-4-8-21(12-14)9-10-23-3/h11,14H,4-10,12H2,1-3H3,(H,18,22)/t14-/m1/s1. The Kier molecular flexibility index (Phi) is 6.92. The first-order valence-corrected chi connectivity index (χ1v) is 8.38. The van der Waals surface area contributed by atoms with Gasteiger partial charge in [0.25, 0.3) is 0 Å². The number of rotatable bonds is 7. The summed E-state index contributed by atoms with van der Waals surface area (Å²) < 4.78 is 5.18. The Bertz CT molecular complexity index is 521. The maximum Gasteiger partial charge on any atom is 0.220 e. The lowest BCUT2D eigenvalue weighted by atomic mass is 9.93. The van der Waals surface area contributed by atoms with Crippen molar-refractivity contribution < 1.29 is 9.53 Å². The van der Waals surface area contributed by atoms with Crippen LogP contribution in [0.25, 0.3) is 0 Å². The van der Waals surface area contributed by atoms with Gasteiger partial charge in [0.2, 0.25) is 5.91 Å². The second-order valence-corrected chi connectivity index (χ2v) is 6.14.